The summed E-state index contributed by atoms with van der Waals surface area (Å²) >= 11 is 1.86. The highest BCUT2D eigenvalue weighted by Gasteiger charge is 2.13. The van der Waals surface area contributed by atoms with Crippen molar-refractivity contribution in [2.75, 3.05) is 17.6 Å². The molecular formula is C10H14N2S. The van der Waals surface area contributed by atoms with E-state index in [4.69, 9.17) is 0 Å². The molecule has 0 bridgehead atoms. The van der Waals surface area contributed by atoms with E-state index in [-0.39, 0.29) is 0 Å². The van der Waals surface area contributed by atoms with Crippen molar-refractivity contribution in [3.63, 3.8) is 0 Å². The second kappa shape index (κ2) is 3.58. The average Bonchev–Trinajstić information content (AvgIpc) is 2.29. The number of pyridine rings is 1. The number of aryl methyl sites for hydroxylation is 1. The summed E-state index contributed by atoms with van der Waals surface area (Å²) < 4.78 is 0. The van der Waals surface area contributed by atoms with E-state index in [9.17, 15) is 0 Å². The molecule has 1 aliphatic rings. The molecule has 70 valence electrons. The standard InChI is InChI=1S/C10H14N2S/c1-7-5-11-9-4-3-8(2)12-10(9)13-6-7/h3-4,7,11H,5-6H2,1-2H3. The van der Waals surface area contributed by atoms with Gasteiger partial charge in [0.15, 0.2) is 0 Å². The zero-order chi connectivity index (χ0) is 9.26. The number of fused-ring (bicyclic) bond motifs is 1. The fourth-order valence-corrected chi connectivity index (χ4v) is 2.41. The molecule has 13 heavy (non-hydrogen) atoms. The summed E-state index contributed by atoms with van der Waals surface area (Å²) in [5.74, 6) is 1.88. The van der Waals surface area contributed by atoms with Crippen molar-refractivity contribution >= 4 is 17.4 Å². The molecule has 0 aliphatic carbocycles. The van der Waals surface area contributed by atoms with Crippen LogP contribution in [0.5, 0.6) is 0 Å². The molecule has 0 saturated carbocycles. The average molecular weight is 194 g/mol. The highest BCUT2D eigenvalue weighted by molar-refractivity contribution is 7.99. The first-order valence-electron chi connectivity index (χ1n) is 4.60. The van der Waals surface area contributed by atoms with E-state index in [1.54, 1.807) is 0 Å². The van der Waals surface area contributed by atoms with Gasteiger partial charge in [-0.2, -0.15) is 0 Å². The maximum absolute atomic E-state index is 4.51. The van der Waals surface area contributed by atoms with Crippen LogP contribution in [0.1, 0.15) is 12.6 Å². The third kappa shape index (κ3) is 1.97. The normalized spacial score (nSPS) is 21.5. The van der Waals surface area contributed by atoms with Crippen molar-refractivity contribution < 1.29 is 0 Å². The Hall–Kier alpha value is -0.700. The van der Waals surface area contributed by atoms with Crippen LogP contribution in [0.3, 0.4) is 0 Å². The van der Waals surface area contributed by atoms with Crippen LogP contribution in [0.2, 0.25) is 0 Å². The first-order chi connectivity index (χ1) is 6.25. The summed E-state index contributed by atoms with van der Waals surface area (Å²) in [5.41, 5.74) is 2.29. The molecule has 0 radical (unpaired) electrons. The van der Waals surface area contributed by atoms with Crippen molar-refractivity contribution in [1.82, 2.24) is 4.98 Å². The van der Waals surface area contributed by atoms with Crippen molar-refractivity contribution in [3.8, 4) is 0 Å². The molecule has 2 nitrogen and oxygen atoms in total. The summed E-state index contributed by atoms with van der Waals surface area (Å²) in [4.78, 5) is 4.51. The molecule has 1 aromatic rings. The Morgan fingerprint density at radius 1 is 1.54 bits per heavy atom. The molecule has 2 heterocycles. The van der Waals surface area contributed by atoms with Gasteiger partial charge in [-0.05, 0) is 25.0 Å². The number of hydrogen-bond acceptors (Lipinski definition) is 3. The van der Waals surface area contributed by atoms with Crippen LogP contribution >= 0.6 is 11.8 Å². The van der Waals surface area contributed by atoms with Crippen LogP contribution in [0.4, 0.5) is 5.69 Å². The lowest BCUT2D eigenvalue weighted by Crippen LogP contribution is -2.10. The molecule has 1 unspecified atom stereocenters. The maximum atomic E-state index is 4.51. The van der Waals surface area contributed by atoms with Crippen molar-refractivity contribution in [2.45, 2.75) is 18.9 Å². The number of hydrogen-bond donors (Lipinski definition) is 1. The highest BCUT2D eigenvalue weighted by atomic mass is 32.2. The summed E-state index contributed by atoms with van der Waals surface area (Å²) in [6.07, 6.45) is 0. The van der Waals surface area contributed by atoms with Gasteiger partial charge in [-0.1, -0.05) is 6.92 Å². The summed E-state index contributed by atoms with van der Waals surface area (Å²) in [7, 11) is 0. The van der Waals surface area contributed by atoms with Gasteiger partial charge in [0.2, 0.25) is 0 Å². The SMILES string of the molecule is Cc1ccc2c(n1)SCC(C)CN2. The molecule has 0 fully saturated rings. The van der Waals surface area contributed by atoms with Crippen molar-refractivity contribution in [3.05, 3.63) is 17.8 Å². The number of nitrogens with zero attached hydrogens (tertiary/aromatic N) is 1. The minimum atomic E-state index is 0.722. The maximum Gasteiger partial charge on any atom is 0.119 e. The molecule has 0 saturated heterocycles. The van der Waals surface area contributed by atoms with E-state index >= 15 is 0 Å². The molecule has 0 aromatic carbocycles. The lowest BCUT2D eigenvalue weighted by atomic mass is 10.2. The minimum absolute atomic E-state index is 0.722. The Kier molecular flexibility index (Phi) is 2.44. The molecule has 0 spiro atoms. The third-order valence-corrected chi connectivity index (χ3v) is 3.47. The Bertz CT molecular complexity index is 312. The molecule has 0 amide bonds. The minimum Gasteiger partial charge on any atom is -0.383 e. The Labute approximate surface area is 83.1 Å². The van der Waals surface area contributed by atoms with Gasteiger partial charge in [-0.25, -0.2) is 4.98 Å². The van der Waals surface area contributed by atoms with Gasteiger partial charge in [0, 0.05) is 18.0 Å². The highest BCUT2D eigenvalue weighted by Crippen LogP contribution is 2.29. The van der Waals surface area contributed by atoms with Crippen LogP contribution in [0.15, 0.2) is 17.2 Å². The Balaban J connectivity index is 2.30. The first kappa shape index (κ1) is 8.88. The van der Waals surface area contributed by atoms with Crippen LogP contribution in [-0.4, -0.2) is 17.3 Å². The van der Waals surface area contributed by atoms with E-state index in [0.29, 0.717) is 0 Å². The summed E-state index contributed by atoms with van der Waals surface area (Å²) in [6, 6.07) is 4.19. The number of anilines is 1. The van der Waals surface area contributed by atoms with Crippen LogP contribution in [-0.2, 0) is 0 Å². The fraction of sp³-hybridized carbons (Fsp3) is 0.500. The van der Waals surface area contributed by atoms with Gasteiger partial charge in [-0.15, -0.1) is 11.8 Å². The van der Waals surface area contributed by atoms with Crippen LogP contribution in [0, 0.1) is 12.8 Å². The molecule has 2 rings (SSSR count). The van der Waals surface area contributed by atoms with Gasteiger partial charge in [-0.3, -0.25) is 0 Å². The summed E-state index contributed by atoms with van der Waals surface area (Å²) in [6.45, 7) is 5.36. The van der Waals surface area contributed by atoms with E-state index in [2.05, 4.69) is 29.4 Å². The van der Waals surface area contributed by atoms with E-state index in [1.165, 1.54) is 5.69 Å². The summed E-state index contributed by atoms with van der Waals surface area (Å²) in [5, 5.41) is 4.58. The van der Waals surface area contributed by atoms with Crippen LogP contribution in [0.25, 0.3) is 0 Å². The smallest absolute Gasteiger partial charge is 0.119 e. The largest absolute Gasteiger partial charge is 0.383 e. The second-order valence-electron chi connectivity index (χ2n) is 3.60. The molecule has 1 N–H and O–H groups in total. The lowest BCUT2D eigenvalue weighted by molar-refractivity contribution is 0.705. The predicted molar refractivity (Wildman–Crippen MR) is 57.4 cm³/mol. The van der Waals surface area contributed by atoms with Gasteiger partial charge in [0.05, 0.1) is 5.69 Å². The Morgan fingerprint density at radius 2 is 2.38 bits per heavy atom. The molecule has 1 aromatic heterocycles. The van der Waals surface area contributed by atoms with Gasteiger partial charge in [0.1, 0.15) is 5.03 Å². The van der Waals surface area contributed by atoms with Crippen LogP contribution < -0.4 is 5.32 Å². The van der Waals surface area contributed by atoms with Crippen molar-refractivity contribution in [2.24, 2.45) is 5.92 Å². The van der Waals surface area contributed by atoms with Crippen molar-refractivity contribution in [1.29, 1.82) is 0 Å². The van der Waals surface area contributed by atoms with Gasteiger partial charge >= 0.3 is 0 Å². The van der Waals surface area contributed by atoms with E-state index in [0.717, 1.165) is 28.9 Å². The van der Waals surface area contributed by atoms with E-state index in [1.807, 2.05) is 18.7 Å². The van der Waals surface area contributed by atoms with Gasteiger partial charge < -0.3 is 5.32 Å². The Morgan fingerprint density at radius 3 is 3.23 bits per heavy atom. The molecule has 1 aliphatic heterocycles. The first-order valence-corrected chi connectivity index (χ1v) is 5.58. The molecule has 1 atom stereocenters. The second-order valence-corrected chi connectivity index (χ2v) is 4.61. The van der Waals surface area contributed by atoms with E-state index < -0.39 is 0 Å². The van der Waals surface area contributed by atoms with Gasteiger partial charge in [0.25, 0.3) is 0 Å². The zero-order valence-electron chi connectivity index (χ0n) is 8.00. The monoisotopic (exact) mass is 194 g/mol. The molecular weight excluding hydrogens is 180 g/mol. The number of nitrogens with one attached hydrogen (secondary N) is 1. The third-order valence-electron chi connectivity index (χ3n) is 2.15. The predicted octanol–water partition coefficient (Wildman–Crippen LogP) is 2.54. The number of thioether (sulfide) groups is 1. The number of aromatic nitrogens is 1. The number of rotatable bonds is 0. The quantitative estimate of drug-likeness (QED) is 0.687. The fourth-order valence-electron chi connectivity index (χ4n) is 1.34. The molecule has 3 heteroatoms. The topological polar surface area (TPSA) is 24.9 Å². The lowest BCUT2D eigenvalue weighted by Gasteiger charge is -2.06. The zero-order valence-corrected chi connectivity index (χ0v) is 8.82.